The molecule has 1 saturated carbocycles. The van der Waals surface area contributed by atoms with Crippen LogP contribution in [0.25, 0.3) is 11.4 Å². The Bertz CT molecular complexity index is 790. The van der Waals surface area contributed by atoms with Crippen molar-refractivity contribution in [3.8, 4) is 11.4 Å². The van der Waals surface area contributed by atoms with Crippen molar-refractivity contribution in [1.82, 2.24) is 20.1 Å². The third-order valence-corrected chi connectivity index (χ3v) is 6.14. The number of hydrogen-bond donors (Lipinski definition) is 1. The highest BCUT2D eigenvalue weighted by Gasteiger charge is 2.23. The molecule has 0 saturated heterocycles. The van der Waals surface area contributed by atoms with Gasteiger partial charge in [0.1, 0.15) is 0 Å². The van der Waals surface area contributed by atoms with Crippen molar-refractivity contribution < 1.29 is 4.79 Å². The van der Waals surface area contributed by atoms with E-state index in [4.69, 9.17) is 11.6 Å². The van der Waals surface area contributed by atoms with E-state index in [0.29, 0.717) is 34.4 Å². The van der Waals surface area contributed by atoms with Crippen molar-refractivity contribution in [2.24, 2.45) is 5.92 Å². The summed E-state index contributed by atoms with van der Waals surface area (Å²) in [6, 6.07) is 7.78. The number of nitrogens with one attached hydrogen (secondary N) is 1. The van der Waals surface area contributed by atoms with E-state index >= 15 is 0 Å². The third kappa shape index (κ3) is 5.14. The van der Waals surface area contributed by atoms with Gasteiger partial charge in [-0.05, 0) is 43.0 Å². The van der Waals surface area contributed by atoms with Gasteiger partial charge in [0.05, 0.1) is 5.75 Å². The number of allylic oxidation sites excluding steroid dienone is 1. The lowest BCUT2D eigenvalue weighted by Crippen LogP contribution is -2.41. The van der Waals surface area contributed by atoms with Crippen LogP contribution in [0.15, 0.2) is 42.1 Å². The van der Waals surface area contributed by atoms with Gasteiger partial charge in [0, 0.05) is 23.2 Å². The van der Waals surface area contributed by atoms with Gasteiger partial charge in [-0.3, -0.25) is 9.36 Å². The van der Waals surface area contributed by atoms with Crippen LogP contribution in [0.3, 0.4) is 0 Å². The topological polar surface area (TPSA) is 59.8 Å². The van der Waals surface area contributed by atoms with Crippen molar-refractivity contribution >= 4 is 29.3 Å². The van der Waals surface area contributed by atoms with Gasteiger partial charge >= 0.3 is 0 Å². The Labute approximate surface area is 169 Å². The normalized spacial score (nSPS) is 19.6. The average Bonchev–Trinajstić information content (AvgIpc) is 3.06. The number of benzene rings is 1. The summed E-state index contributed by atoms with van der Waals surface area (Å²) in [5, 5.41) is 13.2. The van der Waals surface area contributed by atoms with Gasteiger partial charge in [-0.25, -0.2) is 0 Å². The van der Waals surface area contributed by atoms with Crippen LogP contribution in [-0.2, 0) is 11.3 Å². The number of nitrogens with zero attached hydrogens (tertiary/aromatic N) is 3. The summed E-state index contributed by atoms with van der Waals surface area (Å²) in [7, 11) is 0. The zero-order chi connectivity index (χ0) is 19.2. The van der Waals surface area contributed by atoms with Crippen LogP contribution in [0.2, 0.25) is 5.02 Å². The zero-order valence-electron chi connectivity index (χ0n) is 15.5. The first-order valence-corrected chi connectivity index (χ1v) is 10.7. The van der Waals surface area contributed by atoms with Gasteiger partial charge < -0.3 is 5.32 Å². The smallest absolute Gasteiger partial charge is 0.230 e. The van der Waals surface area contributed by atoms with Crippen molar-refractivity contribution in [3.05, 3.63) is 41.9 Å². The Morgan fingerprint density at radius 1 is 1.33 bits per heavy atom. The molecule has 2 aromatic rings. The molecule has 1 fully saturated rings. The van der Waals surface area contributed by atoms with Gasteiger partial charge in [-0.15, -0.1) is 16.8 Å². The summed E-state index contributed by atoms with van der Waals surface area (Å²) in [6.45, 7) is 6.62. The Kier molecular flexibility index (Phi) is 6.96. The molecule has 1 amide bonds. The predicted octanol–water partition coefficient (Wildman–Crippen LogP) is 4.57. The van der Waals surface area contributed by atoms with Crippen molar-refractivity contribution in [1.29, 1.82) is 0 Å². The first kappa shape index (κ1) is 20.0. The summed E-state index contributed by atoms with van der Waals surface area (Å²) in [4.78, 5) is 12.4. The fraction of sp³-hybridized carbons (Fsp3) is 0.450. The molecule has 2 atom stereocenters. The second kappa shape index (κ2) is 9.42. The van der Waals surface area contributed by atoms with Crippen LogP contribution < -0.4 is 5.32 Å². The van der Waals surface area contributed by atoms with Crippen molar-refractivity contribution in [2.75, 3.05) is 5.75 Å². The Morgan fingerprint density at radius 2 is 2.07 bits per heavy atom. The summed E-state index contributed by atoms with van der Waals surface area (Å²) >= 11 is 7.38. The fourth-order valence-corrected chi connectivity index (χ4v) is 4.30. The monoisotopic (exact) mass is 404 g/mol. The number of carbonyl (C=O) groups excluding carboxylic acids is 1. The van der Waals surface area contributed by atoms with E-state index in [2.05, 4.69) is 29.0 Å². The maximum Gasteiger partial charge on any atom is 0.230 e. The van der Waals surface area contributed by atoms with Gasteiger partial charge in [0.25, 0.3) is 0 Å². The lowest BCUT2D eigenvalue weighted by Gasteiger charge is -2.29. The predicted molar refractivity (Wildman–Crippen MR) is 111 cm³/mol. The molecule has 1 aliphatic carbocycles. The van der Waals surface area contributed by atoms with E-state index in [-0.39, 0.29) is 5.91 Å². The quantitative estimate of drug-likeness (QED) is 0.542. The van der Waals surface area contributed by atoms with Crippen LogP contribution in [0.4, 0.5) is 0 Å². The molecular weight excluding hydrogens is 380 g/mol. The second-order valence-electron chi connectivity index (χ2n) is 6.94. The minimum Gasteiger partial charge on any atom is -0.352 e. The lowest BCUT2D eigenvalue weighted by molar-refractivity contribution is -0.119. The molecule has 5 nitrogen and oxygen atoms in total. The van der Waals surface area contributed by atoms with Gasteiger partial charge in [-0.1, -0.05) is 49.2 Å². The van der Waals surface area contributed by atoms with E-state index in [1.54, 1.807) is 6.08 Å². The molecule has 27 heavy (non-hydrogen) atoms. The van der Waals surface area contributed by atoms with Crippen LogP contribution in [0.5, 0.6) is 0 Å². The maximum atomic E-state index is 12.4. The molecule has 0 bridgehead atoms. The molecule has 7 heteroatoms. The average molecular weight is 405 g/mol. The lowest BCUT2D eigenvalue weighted by atomic mass is 9.86. The number of thioether (sulfide) groups is 1. The van der Waals surface area contributed by atoms with Gasteiger partial charge in [0.2, 0.25) is 5.91 Å². The van der Waals surface area contributed by atoms with E-state index in [1.807, 2.05) is 28.8 Å². The highest BCUT2D eigenvalue weighted by atomic mass is 35.5. The van der Waals surface area contributed by atoms with E-state index < -0.39 is 0 Å². The highest BCUT2D eigenvalue weighted by Crippen LogP contribution is 2.26. The number of aromatic nitrogens is 3. The minimum atomic E-state index is 0.0555. The number of rotatable bonds is 7. The largest absolute Gasteiger partial charge is 0.352 e. The van der Waals surface area contributed by atoms with Gasteiger partial charge in [-0.2, -0.15) is 0 Å². The number of amides is 1. The third-order valence-electron chi connectivity index (χ3n) is 4.92. The molecule has 144 valence electrons. The van der Waals surface area contributed by atoms with Crippen LogP contribution >= 0.6 is 23.4 Å². The Balaban J connectivity index is 1.66. The standard InChI is InChI=1S/C20H25ClN4OS/c1-3-12-25-19(15-8-10-16(21)11-9-15)23-24-20(25)27-13-18(26)22-17-7-5-4-6-14(17)2/h3,8-11,14,17H,1,4-7,12-13H2,2H3,(H,22,26). The number of halogens is 1. The zero-order valence-corrected chi connectivity index (χ0v) is 17.1. The van der Waals surface area contributed by atoms with Crippen LogP contribution in [-0.4, -0.2) is 32.5 Å². The minimum absolute atomic E-state index is 0.0555. The summed E-state index contributed by atoms with van der Waals surface area (Å²) < 4.78 is 1.97. The SMILES string of the molecule is C=CCn1c(SCC(=O)NC2CCCCC2C)nnc1-c1ccc(Cl)cc1. The molecule has 1 aliphatic rings. The molecule has 3 rings (SSSR count). The molecule has 1 aromatic heterocycles. The highest BCUT2D eigenvalue weighted by molar-refractivity contribution is 7.99. The van der Waals surface area contributed by atoms with E-state index in [9.17, 15) is 4.79 Å². The second-order valence-corrected chi connectivity index (χ2v) is 8.32. The number of carbonyl (C=O) groups is 1. The summed E-state index contributed by atoms with van der Waals surface area (Å²) in [5.41, 5.74) is 0.932. The first-order valence-electron chi connectivity index (χ1n) is 9.30. The van der Waals surface area contributed by atoms with Crippen molar-refractivity contribution in [3.63, 3.8) is 0 Å². The maximum absolute atomic E-state index is 12.4. The molecule has 0 spiro atoms. The van der Waals surface area contributed by atoms with E-state index in [1.165, 1.54) is 31.0 Å². The number of hydrogen-bond acceptors (Lipinski definition) is 4. The summed E-state index contributed by atoms with van der Waals surface area (Å²) in [5.74, 6) is 1.68. The Hall–Kier alpha value is -1.79. The van der Waals surface area contributed by atoms with Crippen LogP contribution in [0.1, 0.15) is 32.6 Å². The molecule has 2 unspecified atom stereocenters. The fourth-order valence-electron chi connectivity index (χ4n) is 3.41. The molecule has 1 heterocycles. The van der Waals surface area contributed by atoms with Crippen LogP contribution in [0, 0.1) is 5.92 Å². The van der Waals surface area contributed by atoms with Crippen molar-refractivity contribution in [2.45, 2.75) is 50.4 Å². The molecule has 1 N–H and O–H groups in total. The molecule has 0 radical (unpaired) electrons. The van der Waals surface area contributed by atoms with E-state index in [0.717, 1.165) is 17.8 Å². The Morgan fingerprint density at radius 3 is 2.78 bits per heavy atom. The summed E-state index contributed by atoms with van der Waals surface area (Å²) in [6.07, 6.45) is 6.53. The molecule has 0 aliphatic heterocycles. The molecular formula is C20H25ClN4OS. The molecule has 1 aromatic carbocycles. The first-order chi connectivity index (χ1) is 13.1. The van der Waals surface area contributed by atoms with Gasteiger partial charge in [0.15, 0.2) is 11.0 Å².